The molecule has 0 radical (unpaired) electrons. The normalized spacial score (nSPS) is 21.2. The van der Waals surface area contributed by atoms with Gasteiger partial charge in [-0.2, -0.15) is 13.2 Å². The van der Waals surface area contributed by atoms with Gasteiger partial charge in [0.15, 0.2) is 6.29 Å². The standard InChI is InChI=1S/C35H60F3N5O7/c1-20(2)22-18-25(29(46)40-24(26(44)28(39)45)17-21-13-12-14-21)43(19-22)30(47)27(33(3,4)5)42-32(49)41-23(31(48)50-34(6,7)8)15-10-9-11-16-35(36,37)38/h20-25,27,31,48H,9-19H2,1-8H3,(H2,39,45)(H,40,46)(H2,41,42,49)/t22-,23?,24?,25+,27-,31?/m1/s1. The van der Waals surface area contributed by atoms with Crippen LogP contribution in [0.25, 0.3) is 0 Å². The second-order valence-corrected chi connectivity index (χ2v) is 16.4. The number of ether oxygens (including phenoxy) is 1. The van der Waals surface area contributed by atoms with Gasteiger partial charge in [0, 0.05) is 13.0 Å². The van der Waals surface area contributed by atoms with Crippen LogP contribution >= 0.6 is 0 Å². The maximum absolute atomic E-state index is 14.3. The minimum Gasteiger partial charge on any atom is -0.366 e. The molecule has 15 heteroatoms. The monoisotopic (exact) mass is 719 g/mol. The number of hydrogen-bond donors (Lipinski definition) is 5. The van der Waals surface area contributed by atoms with Gasteiger partial charge in [0.05, 0.1) is 17.7 Å². The van der Waals surface area contributed by atoms with Crippen LogP contribution in [-0.4, -0.2) is 88.3 Å². The number of halogens is 3. The minimum absolute atomic E-state index is 0.0625. The largest absolute Gasteiger partial charge is 0.389 e. The van der Waals surface area contributed by atoms with Gasteiger partial charge in [-0.05, 0) is 69.6 Å². The highest BCUT2D eigenvalue weighted by molar-refractivity contribution is 6.37. The molecule has 0 bridgehead atoms. The van der Waals surface area contributed by atoms with Crippen molar-refractivity contribution in [3.05, 3.63) is 0 Å². The molecule has 0 aromatic heterocycles. The van der Waals surface area contributed by atoms with E-state index in [-0.39, 0.29) is 56.4 Å². The number of aliphatic hydroxyl groups is 1. The molecule has 2 rings (SSSR count). The fraction of sp³-hybridized carbons (Fsp3) is 0.857. The molecule has 6 N–H and O–H groups in total. The van der Waals surface area contributed by atoms with Crippen LogP contribution in [0.2, 0.25) is 0 Å². The number of ketones is 1. The van der Waals surface area contributed by atoms with E-state index < -0.39 is 83.6 Å². The number of nitrogens with one attached hydrogen (secondary N) is 3. The molecule has 6 atom stereocenters. The van der Waals surface area contributed by atoms with Crippen molar-refractivity contribution in [3.63, 3.8) is 0 Å². The first-order chi connectivity index (χ1) is 22.9. The molecule has 1 heterocycles. The summed E-state index contributed by atoms with van der Waals surface area (Å²) in [4.78, 5) is 67.4. The molecule has 1 aliphatic heterocycles. The van der Waals surface area contributed by atoms with Crippen molar-refractivity contribution in [2.45, 2.75) is 162 Å². The number of nitrogens with two attached hydrogens (primary N) is 1. The molecule has 0 spiro atoms. The SMILES string of the molecule is CC(C)[C@@H]1C[C@@H](C(=O)NC(CC2CCC2)C(=O)C(N)=O)N(C(=O)[C@@H](NC(=O)NC(CCCCCC(F)(F)F)C(O)OC(C)(C)C)C(C)(C)C)C1. The number of amides is 5. The summed E-state index contributed by atoms with van der Waals surface area (Å²) >= 11 is 0. The molecular formula is C35H60F3N5O7. The first kappa shape index (κ1) is 43.2. The predicted octanol–water partition coefficient (Wildman–Crippen LogP) is 4.32. The molecular weight excluding hydrogens is 659 g/mol. The van der Waals surface area contributed by atoms with Gasteiger partial charge in [-0.15, -0.1) is 0 Å². The molecule has 0 aromatic carbocycles. The highest BCUT2D eigenvalue weighted by Gasteiger charge is 2.46. The highest BCUT2D eigenvalue weighted by Crippen LogP contribution is 2.34. The van der Waals surface area contributed by atoms with E-state index in [1.165, 1.54) is 4.90 Å². The molecule has 0 aromatic rings. The van der Waals surface area contributed by atoms with Crippen LogP contribution < -0.4 is 21.7 Å². The molecule has 1 saturated carbocycles. The van der Waals surface area contributed by atoms with E-state index in [9.17, 15) is 42.3 Å². The van der Waals surface area contributed by atoms with Gasteiger partial charge in [-0.1, -0.05) is 66.7 Å². The zero-order valence-corrected chi connectivity index (χ0v) is 31.0. The zero-order valence-electron chi connectivity index (χ0n) is 31.0. The van der Waals surface area contributed by atoms with Crippen LogP contribution in [0.3, 0.4) is 0 Å². The number of nitrogens with zero attached hydrogens (tertiary/aromatic N) is 1. The Labute approximate surface area is 294 Å². The second-order valence-electron chi connectivity index (χ2n) is 16.4. The van der Waals surface area contributed by atoms with Gasteiger partial charge in [-0.3, -0.25) is 19.2 Å². The third-order valence-electron chi connectivity index (χ3n) is 9.53. The lowest BCUT2D eigenvalue weighted by Gasteiger charge is -2.36. The first-order valence-electron chi connectivity index (χ1n) is 17.8. The van der Waals surface area contributed by atoms with E-state index in [0.29, 0.717) is 6.42 Å². The van der Waals surface area contributed by atoms with E-state index in [0.717, 1.165) is 19.3 Å². The number of carbonyl (C=O) groups excluding carboxylic acids is 5. The van der Waals surface area contributed by atoms with E-state index in [4.69, 9.17) is 10.5 Å². The molecule has 2 fully saturated rings. The number of primary amides is 1. The van der Waals surface area contributed by atoms with Crippen LogP contribution in [0, 0.1) is 23.2 Å². The number of aliphatic hydroxyl groups excluding tert-OH is 1. The number of urea groups is 1. The predicted molar refractivity (Wildman–Crippen MR) is 181 cm³/mol. The second kappa shape index (κ2) is 18.0. The van der Waals surface area contributed by atoms with E-state index in [1.807, 2.05) is 13.8 Å². The Morgan fingerprint density at radius 2 is 1.56 bits per heavy atom. The van der Waals surface area contributed by atoms with Crippen molar-refractivity contribution in [1.29, 1.82) is 0 Å². The smallest absolute Gasteiger partial charge is 0.366 e. The van der Waals surface area contributed by atoms with E-state index >= 15 is 0 Å². The first-order valence-corrected chi connectivity index (χ1v) is 17.8. The number of Topliss-reactive ketones (excluding diaryl/α,β-unsaturated/α-hetero) is 1. The van der Waals surface area contributed by atoms with Crippen LogP contribution in [-0.2, 0) is 23.9 Å². The van der Waals surface area contributed by atoms with E-state index in [1.54, 1.807) is 41.5 Å². The number of hydrogen-bond acceptors (Lipinski definition) is 7. The van der Waals surface area contributed by atoms with Crippen molar-refractivity contribution in [1.82, 2.24) is 20.9 Å². The number of unbranched alkanes of at least 4 members (excludes halogenated alkanes) is 2. The number of alkyl halides is 3. The molecule has 1 aliphatic carbocycles. The molecule has 288 valence electrons. The molecule has 12 nitrogen and oxygen atoms in total. The highest BCUT2D eigenvalue weighted by atomic mass is 19.4. The summed E-state index contributed by atoms with van der Waals surface area (Å²) in [5, 5.41) is 18.9. The lowest BCUT2D eigenvalue weighted by atomic mass is 9.80. The molecule has 50 heavy (non-hydrogen) atoms. The Morgan fingerprint density at radius 1 is 0.940 bits per heavy atom. The van der Waals surface area contributed by atoms with Crippen molar-refractivity contribution >= 4 is 29.5 Å². The summed E-state index contributed by atoms with van der Waals surface area (Å²) in [7, 11) is 0. The molecule has 5 amide bonds. The Bertz CT molecular complexity index is 1180. The molecule has 1 saturated heterocycles. The van der Waals surface area contributed by atoms with Gasteiger partial charge in [0.2, 0.25) is 17.6 Å². The third-order valence-corrected chi connectivity index (χ3v) is 9.53. The summed E-state index contributed by atoms with van der Waals surface area (Å²) in [5.41, 5.74) is 3.64. The fourth-order valence-corrected chi connectivity index (χ4v) is 6.33. The van der Waals surface area contributed by atoms with Crippen molar-refractivity contribution < 1.29 is 47.0 Å². The van der Waals surface area contributed by atoms with Crippen LogP contribution in [0.15, 0.2) is 0 Å². The third kappa shape index (κ3) is 14.0. The van der Waals surface area contributed by atoms with E-state index in [2.05, 4.69) is 16.0 Å². The van der Waals surface area contributed by atoms with Gasteiger partial charge >= 0.3 is 12.2 Å². The van der Waals surface area contributed by atoms with Gasteiger partial charge in [0.1, 0.15) is 12.1 Å². The number of carbonyl (C=O) groups is 5. The van der Waals surface area contributed by atoms with Crippen LogP contribution in [0.4, 0.5) is 18.0 Å². The summed E-state index contributed by atoms with van der Waals surface area (Å²) in [6, 6.07) is -5.02. The van der Waals surface area contributed by atoms with Crippen LogP contribution in [0.1, 0.15) is 120 Å². The summed E-state index contributed by atoms with van der Waals surface area (Å²) < 4.78 is 43.5. The summed E-state index contributed by atoms with van der Waals surface area (Å²) in [6.07, 6.45) is -2.84. The lowest BCUT2D eigenvalue weighted by molar-refractivity contribution is -0.179. The Balaban J connectivity index is 2.26. The molecule has 2 aliphatic rings. The number of likely N-dealkylation sites (tertiary alicyclic amines) is 1. The maximum Gasteiger partial charge on any atom is 0.389 e. The quantitative estimate of drug-likeness (QED) is 0.0844. The summed E-state index contributed by atoms with van der Waals surface area (Å²) in [5.74, 6) is -2.92. The lowest BCUT2D eigenvalue weighted by Crippen LogP contribution is -2.61. The molecule has 3 unspecified atom stereocenters. The zero-order chi connectivity index (χ0) is 38.2. The van der Waals surface area contributed by atoms with Crippen molar-refractivity contribution in [3.8, 4) is 0 Å². The van der Waals surface area contributed by atoms with Crippen LogP contribution in [0.5, 0.6) is 0 Å². The fourth-order valence-electron chi connectivity index (χ4n) is 6.33. The van der Waals surface area contributed by atoms with Gasteiger partial charge in [-0.25, -0.2) is 4.79 Å². The van der Waals surface area contributed by atoms with Crippen molar-refractivity contribution in [2.75, 3.05) is 6.54 Å². The Kier molecular flexibility index (Phi) is 15.6. The topological polar surface area (TPSA) is 180 Å². The van der Waals surface area contributed by atoms with Gasteiger partial charge in [0.25, 0.3) is 5.91 Å². The Hall–Kier alpha value is -2.94. The van der Waals surface area contributed by atoms with Gasteiger partial charge < -0.3 is 36.4 Å². The average Bonchev–Trinajstić information content (AvgIpc) is 3.39. The Morgan fingerprint density at radius 3 is 2.04 bits per heavy atom. The average molecular weight is 720 g/mol. The van der Waals surface area contributed by atoms with Crippen molar-refractivity contribution in [2.24, 2.45) is 28.9 Å². The maximum atomic E-state index is 14.3. The number of rotatable bonds is 17. The minimum atomic E-state index is -4.27. The summed E-state index contributed by atoms with van der Waals surface area (Å²) in [6.45, 7) is 14.5.